The predicted molar refractivity (Wildman–Crippen MR) is 89.8 cm³/mol. The number of allylic oxidation sites excluding steroid dienone is 4. The number of nitrogens with two attached hydrogens (primary N) is 1. The van der Waals surface area contributed by atoms with Crippen LogP contribution in [0.1, 0.15) is 51.5 Å². The van der Waals surface area contributed by atoms with Crippen molar-refractivity contribution >= 4 is 0 Å². The summed E-state index contributed by atoms with van der Waals surface area (Å²) in [4.78, 5) is 0. The molecule has 0 aromatic heterocycles. The van der Waals surface area contributed by atoms with Gasteiger partial charge in [0.2, 0.25) is 0 Å². The largest absolute Gasteiger partial charge is 0.328 e. The van der Waals surface area contributed by atoms with E-state index in [0.717, 1.165) is 25.7 Å². The average molecular weight is 271 g/mol. The Morgan fingerprint density at radius 3 is 2.55 bits per heavy atom. The lowest BCUT2D eigenvalue weighted by Gasteiger charge is -2.11. The van der Waals surface area contributed by atoms with Gasteiger partial charge in [-0.15, -0.1) is 0 Å². The van der Waals surface area contributed by atoms with E-state index in [1.807, 2.05) is 6.92 Å². The van der Waals surface area contributed by atoms with E-state index < -0.39 is 0 Å². The molecule has 0 fully saturated rings. The summed E-state index contributed by atoms with van der Waals surface area (Å²) in [6.45, 7) is 4.24. The van der Waals surface area contributed by atoms with Gasteiger partial charge in [0.05, 0.1) is 0 Å². The van der Waals surface area contributed by atoms with Crippen LogP contribution in [0.3, 0.4) is 0 Å². The minimum atomic E-state index is 0.355. The van der Waals surface area contributed by atoms with E-state index in [1.165, 1.54) is 24.0 Å². The Bertz CT molecular complexity index is 403. The van der Waals surface area contributed by atoms with Crippen molar-refractivity contribution in [3.63, 3.8) is 0 Å². The van der Waals surface area contributed by atoms with Gasteiger partial charge in [0.15, 0.2) is 0 Å². The number of hydrogen-bond donors (Lipinski definition) is 1. The van der Waals surface area contributed by atoms with Crippen LogP contribution in [-0.4, -0.2) is 6.04 Å². The van der Waals surface area contributed by atoms with Crippen LogP contribution in [-0.2, 0) is 6.42 Å². The monoisotopic (exact) mass is 271 g/mol. The zero-order chi connectivity index (χ0) is 14.6. The maximum atomic E-state index is 6.19. The molecule has 0 heterocycles. The molecular formula is C19H29N. The van der Waals surface area contributed by atoms with Crippen LogP contribution >= 0.6 is 0 Å². The average Bonchev–Trinajstić information content (AvgIpc) is 2.46. The Labute approximate surface area is 124 Å². The zero-order valence-corrected chi connectivity index (χ0v) is 13.0. The lowest BCUT2D eigenvalue weighted by Crippen LogP contribution is -2.19. The molecule has 0 amide bonds. The molecular weight excluding hydrogens is 242 g/mol. The van der Waals surface area contributed by atoms with Crippen molar-refractivity contribution in [2.75, 3.05) is 0 Å². The lowest BCUT2D eigenvalue weighted by atomic mass is 10.00. The van der Waals surface area contributed by atoms with Gasteiger partial charge < -0.3 is 5.73 Å². The molecule has 110 valence electrons. The molecule has 1 rings (SSSR count). The Balaban J connectivity index is 2.10. The first-order valence-electron chi connectivity index (χ1n) is 7.80. The van der Waals surface area contributed by atoms with Crippen molar-refractivity contribution in [3.8, 4) is 0 Å². The third-order valence-electron chi connectivity index (χ3n) is 3.60. The predicted octanol–water partition coefficient (Wildman–Crippen LogP) is 5.03. The van der Waals surface area contributed by atoms with Crippen LogP contribution in [0.5, 0.6) is 0 Å². The SMILES string of the molecule is C/C=C\C=C(/C)CCCC(N)CCCc1ccccc1. The third kappa shape index (κ3) is 7.96. The molecule has 0 bridgehead atoms. The van der Waals surface area contributed by atoms with Gasteiger partial charge in [-0.2, -0.15) is 0 Å². The highest BCUT2D eigenvalue weighted by Gasteiger charge is 2.03. The summed E-state index contributed by atoms with van der Waals surface area (Å²) in [5, 5.41) is 0. The van der Waals surface area contributed by atoms with Crippen LogP contribution < -0.4 is 5.73 Å². The zero-order valence-electron chi connectivity index (χ0n) is 13.0. The minimum absolute atomic E-state index is 0.355. The van der Waals surface area contributed by atoms with Crippen LogP contribution in [0, 0.1) is 0 Å². The van der Waals surface area contributed by atoms with Crippen LogP contribution in [0.15, 0.2) is 54.1 Å². The third-order valence-corrected chi connectivity index (χ3v) is 3.60. The van der Waals surface area contributed by atoms with Gasteiger partial charge >= 0.3 is 0 Å². The molecule has 1 aromatic carbocycles. The molecule has 1 atom stereocenters. The first kappa shape index (κ1) is 16.7. The molecule has 0 spiro atoms. The van der Waals surface area contributed by atoms with Gasteiger partial charge in [0, 0.05) is 6.04 Å². The van der Waals surface area contributed by atoms with E-state index in [-0.39, 0.29) is 0 Å². The van der Waals surface area contributed by atoms with Gasteiger partial charge in [-0.3, -0.25) is 0 Å². The van der Waals surface area contributed by atoms with E-state index in [9.17, 15) is 0 Å². The smallest absolute Gasteiger partial charge is 0.00390 e. The molecule has 0 aliphatic rings. The number of aryl methyl sites for hydroxylation is 1. The fourth-order valence-electron chi connectivity index (χ4n) is 2.34. The van der Waals surface area contributed by atoms with E-state index in [4.69, 9.17) is 5.73 Å². The topological polar surface area (TPSA) is 26.0 Å². The van der Waals surface area contributed by atoms with Gasteiger partial charge in [-0.25, -0.2) is 0 Å². The summed E-state index contributed by atoms with van der Waals surface area (Å²) in [5.41, 5.74) is 9.06. The minimum Gasteiger partial charge on any atom is -0.328 e. The lowest BCUT2D eigenvalue weighted by molar-refractivity contribution is 0.526. The van der Waals surface area contributed by atoms with Crippen molar-refractivity contribution in [1.29, 1.82) is 0 Å². The maximum absolute atomic E-state index is 6.19. The standard InChI is InChI=1S/C19H29N/c1-3-4-10-17(2)11-8-15-19(20)16-9-14-18-12-6-5-7-13-18/h3-7,10,12-13,19H,8-9,11,14-16,20H2,1-2H3/b4-3-,17-10+. The molecule has 1 nitrogen and oxygen atoms in total. The number of benzene rings is 1. The molecule has 0 saturated heterocycles. The van der Waals surface area contributed by atoms with Gasteiger partial charge in [-0.1, -0.05) is 54.1 Å². The second-order valence-electron chi connectivity index (χ2n) is 5.57. The van der Waals surface area contributed by atoms with Gasteiger partial charge in [0.25, 0.3) is 0 Å². The first-order chi connectivity index (χ1) is 9.72. The summed E-state index contributed by atoms with van der Waals surface area (Å²) in [5.74, 6) is 0. The Kier molecular flexibility index (Phi) is 8.73. The summed E-state index contributed by atoms with van der Waals surface area (Å²) < 4.78 is 0. The quantitative estimate of drug-likeness (QED) is 0.626. The summed E-state index contributed by atoms with van der Waals surface area (Å²) >= 11 is 0. The van der Waals surface area contributed by atoms with Crippen molar-refractivity contribution < 1.29 is 0 Å². The number of rotatable bonds is 9. The van der Waals surface area contributed by atoms with Crippen molar-refractivity contribution in [2.24, 2.45) is 5.73 Å². The van der Waals surface area contributed by atoms with E-state index in [1.54, 1.807) is 0 Å². The summed E-state index contributed by atoms with van der Waals surface area (Å²) in [6, 6.07) is 11.0. The van der Waals surface area contributed by atoms with Crippen molar-refractivity contribution in [1.82, 2.24) is 0 Å². The fraction of sp³-hybridized carbons (Fsp3) is 0.474. The molecule has 0 saturated carbocycles. The van der Waals surface area contributed by atoms with Crippen LogP contribution in [0.25, 0.3) is 0 Å². The molecule has 0 aliphatic heterocycles. The molecule has 0 aliphatic carbocycles. The Hall–Kier alpha value is -1.34. The normalized spacial score (nSPS) is 13.8. The van der Waals surface area contributed by atoms with Crippen molar-refractivity contribution in [2.45, 2.75) is 58.4 Å². The van der Waals surface area contributed by atoms with Crippen molar-refractivity contribution in [3.05, 3.63) is 59.7 Å². The molecule has 1 aromatic rings. The van der Waals surface area contributed by atoms with Crippen LogP contribution in [0.2, 0.25) is 0 Å². The molecule has 0 radical (unpaired) electrons. The maximum Gasteiger partial charge on any atom is 0.00390 e. The second-order valence-corrected chi connectivity index (χ2v) is 5.57. The highest BCUT2D eigenvalue weighted by molar-refractivity contribution is 5.14. The Morgan fingerprint density at radius 1 is 1.15 bits per heavy atom. The highest BCUT2D eigenvalue weighted by Crippen LogP contribution is 2.12. The summed E-state index contributed by atoms with van der Waals surface area (Å²) in [6.07, 6.45) is 13.3. The Morgan fingerprint density at radius 2 is 1.85 bits per heavy atom. The van der Waals surface area contributed by atoms with Gasteiger partial charge in [0.1, 0.15) is 0 Å². The molecule has 1 heteroatoms. The van der Waals surface area contributed by atoms with Gasteiger partial charge in [-0.05, 0) is 57.9 Å². The van der Waals surface area contributed by atoms with E-state index in [0.29, 0.717) is 6.04 Å². The molecule has 20 heavy (non-hydrogen) atoms. The molecule has 1 unspecified atom stereocenters. The van der Waals surface area contributed by atoms with E-state index >= 15 is 0 Å². The number of hydrogen-bond acceptors (Lipinski definition) is 1. The fourth-order valence-corrected chi connectivity index (χ4v) is 2.34. The highest BCUT2D eigenvalue weighted by atomic mass is 14.6. The van der Waals surface area contributed by atoms with Crippen LogP contribution in [0.4, 0.5) is 0 Å². The molecule has 2 N–H and O–H groups in total. The second kappa shape index (κ2) is 10.4. The summed E-state index contributed by atoms with van der Waals surface area (Å²) in [7, 11) is 0. The van der Waals surface area contributed by atoms with E-state index in [2.05, 4.69) is 55.5 Å². The first-order valence-corrected chi connectivity index (χ1v) is 7.80.